The molecule has 4 rings (SSSR count). The molecule has 0 spiro atoms. The molecule has 5 heteroatoms. The number of benzene rings is 1. The molecule has 3 aliphatic rings. The third-order valence-corrected chi connectivity index (χ3v) is 6.53. The quantitative estimate of drug-likeness (QED) is 0.775. The molecule has 26 heavy (non-hydrogen) atoms. The number of ether oxygens (including phenoxy) is 3. The number of carbonyl (C=O) groups is 1. The number of piperidine rings is 1. The smallest absolute Gasteiger partial charge is 0.302 e. The molecule has 1 aromatic rings. The van der Waals surface area contributed by atoms with Gasteiger partial charge in [-0.1, -0.05) is 0 Å². The first-order valence-electron chi connectivity index (χ1n) is 9.75. The first-order chi connectivity index (χ1) is 12.6. The number of fused-ring (bicyclic) bond motifs is 4. The van der Waals surface area contributed by atoms with Gasteiger partial charge in [0.1, 0.15) is 6.10 Å². The maximum Gasteiger partial charge on any atom is 0.302 e. The molecule has 1 saturated carbocycles. The maximum absolute atomic E-state index is 11.3. The van der Waals surface area contributed by atoms with Crippen molar-refractivity contribution >= 4 is 5.97 Å². The lowest BCUT2D eigenvalue weighted by Crippen LogP contribution is -2.48. The largest absolute Gasteiger partial charge is 0.493 e. The van der Waals surface area contributed by atoms with Crippen LogP contribution >= 0.6 is 0 Å². The summed E-state index contributed by atoms with van der Waals surface area (Å²) < 4.78 is 16.6. The normalized spacial score (nSPS) is 30.6. The van der Waals surface area contributed by atoms with Crippen LogP contribution in [0.15, 0.2) is 12.1 Å². The van der Waals surface area contributed by atoms with Crippen LogP contribution in [0.5, 0.6) is 11.5 Å². The van der Waals surface area contributed by atoms with Crippen LogP contribution in [0.4, 0.5) is 0 Å². The van der Waals surface area contributed by atoms with E-state index >= 15 is 0 Å². The van der Waals surface area contributed by atoms with Crippen LogP contribution in [0.3, 0.4) is 0 Å². The Morgan fingerprint density at radius 2 is 1.85 bits per heavy atom. The summed E-state index contributed by atoms with van der Waals surface area (Å²) in [6.45, 7) is 3.80. The van der Waals surface area contributed by atoms with Crippen LogP contribution < -0.4 is 9.47 Å². The summed E-state index contributed by atoms with van der Waals surface area (Å²) >= 11 is 0. The SMILES string of the molecule is COc1cc2c(cc1OC)[C@@H]1C[C@@H]3C[C@H](OC(C)=O)CC[C@@H]3CN1CC2. The van der Waals surface area contributed by atoms with Crippen molar-refractivity contribution in [3.63, 3.8) is 0 Å². The molecule has 0 bridgehead atoms. The van der Waals surface area contributed by atoms with Crippen LogP contribution in [0, 0.1) is 11.8 Å². The van der Waals surface area contributed by atoms with Gasteiger partial charge in [0.05, 0.1) is 14.2 Å². The molecule has 1 aromatic carbocycles. The highest BCUT2D eigenvalue weighted by molar-refractivity contribution is 5.66. The molecule has 142 valence electrons. The zero-order chi connectivity index (χ0) is 18.3. The van der Waals surface area contributed by atoms with E-state index in [9.17, 15) is 4.79 Å². The van der Waals surface area contributed by atoms with Gasteiger partial charge in [0, 0.05) is 26.1 Å². The van der Waals surface area contributed by atoms with Crippen LogP contribution in [-0.2, 0) is 16.0 Å². The van der Waals surface area contributed by atoms with Gasteiger partial charge in [-0.15, -0.1) is 0 Å². The van der Waals surface area contributed by atoms with Gasteiger partial charge >= 0.3 is 5.97 Å². The lowest BCUT2D eigenvalue weighted by atomic mass is 9.69. The number of hydrogen-bond donors (Lipinski definition) is 0. The van der Waals surface area contributed by atoms with Crippen molar-refractivity contribution in [1.82, 2.24) is 4.90 Å². The lowest BCUT2D eigenvalue weighted by molar-refractivity contribution is -0.150. The molecule has 0 amide bonds. The van der Waals surface area contributed by atoms with Gasteiger partial charge in [0.15, 0.2) is 11.5 Å². The molecule has 5 nitrogen and oxygen atoms in total. The van der Waals surface area contributed by atoms with E-state index in [1.54, 1.807) is 14.2 Å². The van der Waals surface area contributed by atoms with E-state index in [-0.39, 0.29) is 12.1 Å². The van der Waals surface area contributed by atoms with Crippen molar-refractivity contribution in [2.45, 2.75) is 51.2 Å². The Kier molecular flexibility index (Phi) is 4.82. The number of hydrogen-bond acceptors (Lipinski definition) is 5. The van der Waals surface area contributed by atoms with Gasteiger partial charge in [-0.3, -0.25) is 9.69 Å². The van der Waals surface area contributed by atoms with E-state index in [1.807, 2.05) is 0 Å². The average Bonchev–Trinajstić information content (AvgIpc) is 2.64. The maximum atomic E-state index is 11.3. The van der Waals surface area contributed by atoms with E-state index in [4.69, 9.17) is 14.2 Å². The Balaban J connectivity index is 1.57. The number of nitrogens with zero attached hydrogens (tertiary/aromatic N) is 1. The predicted molar refractivity (Wildman–Crippen MR) is 98.6 cm³/mol. The molecule has 0 radical (unpaired) electrons. The summed E-state index contributed by atoms with van der Waals surface area (Å²) in [7, 11) is 3.40. The minimum Gasteiger partial charge on any atom is -0.493 e. The molecule has 1 aliphatic carbocycles. The Labute approximate surface area is 155 Å². The van der Waals surface area contributed by atoms with Gasteiger partial charge in [0.25, 0.3) is 0 Å². The van der Waals surface area contributed by atoms with Crippen molar-refractivity contribution in [3.05, 3.63) is 23.3 Å². The van der Waals surface area contributed by atoms with Crippen LogP contribution in [0.25, 0.3) is 0 Å². The molecular formula is C21H29NO4. The van der Waals surface area contributed by atoms with Crippen LogP contribution in [0.1, 0.15) is 49.8 Å². The fraction of sp³-hybridized carbons (Fsp3) is 0.667. The first-order valence-corrected chi connectivity index (χ1v) is 9.75. The predicted octanol–water partition coefficient (Wildman–Crippen LogP) is 3.35. The van der Waals surface area contributed by atoms with E-state index in [0.29, 0.717) is 12.0 Å². The molecule has 0 aromatic heterocycles. The minimum atomic E-state index is -0.147. The minimum absolute atomic E-state index is 0.105. The summed E-state index contributed by atoms with van der Waals surface area (Å²) in [6.07, 6.45) is 5.52. The first kappa shape index (κ1) is 17.7. The molecule has 0 N–H and O–H groups in total. The van der Waals surface area contributed by atoms with Gasteiger partial charge in [-0.05, 0) is 67.2 Å². The summed E-state index contributed by atoms with van der Waals surface area (Å²) in [5.74, 6) is 2.86. The summed E-state index contributed by atoms with van der Waals surface area (Å²) in [6, 6.07) is 4.77. The monoisotopic (exact) mass is 359 g/mol. The third kappa shape index (κ3) is 3.18. The summed E-state index contributed by atoms with van der Waals surface area (Å²) in [4.78, 5) is 14.0. The Bertz CT molecular complexity index is 689. The molecule has 2 fully saturated rings. The van der Waals surface area contributed by atoms with Crippen molar-refractivity contribution < 1.29 is 19.0 Å². The molecule has 2 aliphatic heterocycles. The zero-order valence-corrected chi connectivity index (χ0v) is 16.0. The summed E-state index contributed by atoms with van der Waals surface area (Å²) in [5.41, 5.74) is 2.77. The molecular weight excluding hydrogens is 330 g/mol. The Morgan fingerprint density at radius 3 is 2.58 bits per heavy atom. The fourth-order valence-electron chi connectivity index (χ4n) is 5.32. The second-order valence-corrected chi connectivity index (χ2v) is 7.97. The van der Waals surface area contributed by atoms with Crippen molar-refractivity contribution in [1.29, 1.82) is 0 Å². The molecule has 4 atom stereocenters. The Morgan fingerprint density at radius 1 is 1.08 bits per heavy atom. The van der Waals surface area contributed by atoms with Crippen molar-refractivity contribution in [3.8, 4) is 11.5 Å². The van der Waals surface area contributed by atoms with Crippen LogP contribution in [-0.4, -0.2) is 44.3 Å². The number of carbonyl (C=O) groups excluding carboxylic acids is 1. The standard InChI is InChI=1S/C21H29NO4/c1-13(23)26-17-5-4-15-12-22-7-6-14-10-20(24-2)21(25-3)11-18(14)19(22)9-16(15)8-17/h10-11,15-17,19H,4-9,12H2,1-3H3/t15-,16+,17-,19+/m1/s1. The third-order valence-electron chi connectivity index (χ3n) is 6.53. The molecule has 0 unspecified atom stereocenters. The van der Waals surface area contributed by atoms with Gasteiger partial charge in [-0.25, -0.2) is 0 Å². The fourth-order valence-corrected chi connectivity index (χ4v) is 5.32. The van der Waals surface area contributed by atoms with E-state index in [0.717, 1.165) is 56.2 Å². The van der Waals surface area contributed by atoms with Crippen molar-refractivity contribution in [2.24, 2.45) is 11.8 Å². The molecule has 2 heterocycles. The van der Waals surface area contributed by atoms with E-state index in [1.165, 1.54) is 24.5 Å². The van der Waals surface area contributed by atoms with Gasteiger partial charge in [-0.2, -0.15) is 0 Å². The topological polar surface area (TPSA) is 48.0 Å². The van der Waals surface area contributed by atoms with E-state index < -0.39 is 0 Å². The zero-order valence-electron chi connectivity index (χ0n) is 16.0. The Hall–Kier alpha value is -1.75. The number of methoxy groups -OCH3 is 2. The second kappa shape index (κ2) is 7.10. The highest BCUT2D eigenvalue weighted by Gasteiger charge is 2.42. The molecule has 1 saturated heterocycles. The number of rotatable bonds is 3. The average molecular weight is 359 g/mol. The second-order valence-electron chi connectivity index (χ2n) is 7.97. The highest BCUT2D eigenvalue weighted by atomic mass is 16.5. The lowest BCUT2D eigenvalue weighted by Gasteiger charge is -2.49. The van der Waals surface area contributed by atoms with Gasteiger partial charge < -0.3 is 14.2 Å². The van der Waals surface area contributed by atoms with Crippen molar-refractivity contribution in [2.75, 3.05) is 27.3 Å². The van der Waals surface area contributed by atoms with E-state index in [2.05, 4.69) is 17.0 Å². The highest BCUT2D eigenvalue weighted by Crippen LogP contribution is 2.48. The summed E-state index contributed by atoms with van der Waals surface area (Å²) in [5, 5.41) is 0. The van der Waals surface area contributed by atoms with Crippen LogP contribution in [0.2, 0.25) is 0 Å². The number of esters is 1. The van der Waals surface area contributed by atoms with Gasteiger partial charge in [0.2, 0.25) is 0 Å².